The molecule has 1 amide bonds. The van der Waals surface area contributed by atoms with Crippen LogP contribution < -0.4 is 10.6 Å². The second-order valence-corrected chi connectivity index (χ2v) is 7.33. The van der Waals surface area contributed by atoms with Gasteiger partial charge in [0.25, 0.3) is 0 Å². The number of nitrogens with zero attached hydrogens (tertiary/aromatic N) is 3. The monoisotopic (exact) mass is 416 g/mol. The first-order valence-electron chi connectivity index (χ1n) is 8.94. The molecule has 3 aromatic heterocycles. The van der Waals surface area contributed by atoms with E-state index in [9.17, 15) is 13.6 Å². The zero-order chi connectivity index (χ0) is 20.3. The van der Waals surface area contributed by atoms with Gasteiger partial charge in [-0.1, -0.05) is 11.6 Å². The fraction of sp³-hybridized carbons (Fsp3) is 0.211. The van der Waals surface area contributed by atoms with Gasteiger partial charge in [-0.15, -0.1) is 0 Å². The molecule has 1 aliphatic carbocycles. The Balaban J connectivity index is 1.58. The number of halogens is 3. The van der Waals surface area contributed by atoms with Gasteiger partial charge in [0.05, 0.1) is 33.9 Å². The topological polar surface area (TPSA) is 87.1 Å². The predicted octanol–water partition coefficient (Wildman–Crippen LogP) is 4.01. The Morgan fingerprint density at radius 3 is 2.93 bits per heavy atom. The molecule has 5 rings (SSSR count). The zero-order valence-electron chi connectivity index (χ0n) is 15.1. The number of H-pyrrole nitrogens is 1. The summed E-state index contributed by atoms with van der Waals surface area (Å²) < 4.78 is 29.4. The number of benzene rings is 1. The van der Waals surface area contributed by atoms with Crippen molar-refractivity contribution in [1.29, 1.82) is 0 Å². The van der Waals surface area contributed by atoms with Crippen LogP contribution >= 0.6 is 11.6 Å². The van der Waals surface area contributed by atoms with Crippen molar-refractivity contribution in [3.05, 3.63) is 41.4 Å². The number of pyridine rings is 1. The maximum atomic E-state index is 14.8. The van der Waals surface area contributed by atoms with Gasteiger partial charge >= 0.3 is 0 Å². The van der Waals surface area contributed by atoms with Crippen LogP contribution in [-0.4, -0.2) is 38.9 Å². The Morgan fingerprint density at radius 1 is 1.41 bits per heavy atom. The van der Waals surface area contributed by atoms with E-state index in [4.69, 9.17) is 11.6 Å². The van der Waals surface area contributed by atoms with E-state index in [1.165, 1.54) is 0 Å². The number of hydrogen-bond donors (Lipinski definition) is 3. The van der Waals surface area contributed by atoms with Gasteiger partial charge in [0.1, 0.15) is 6.17 Å². The molecule has 3 N–H and O–H groups in total. The number of amides is 1. The normalized spacial score (nSPS) is 18.3. The van der Waals surface area contributed by atoms with E-state index in [1.807, 2.05) is 0 Å². The molecule has 10 heteroatoms. The van der Waals surface area contributed by atoms with E-state index in [0.29, 0.717) is 33.4 Å². The van der Waals surface area contributed by atoms with Crippen molar-refractivity contribution in [2.75, 3.05) is 17.7 Å². The third-order valence-corrected chi connectivity index (χ3v) is 5.45. The summed E-state index contributed by atoms with van der Waals surface area (Å²) in [6.45, 7) is 0. The third kappa shape index (κ3) is 2.80. The van der Waals surface area contributed by atoms with Crippen LogP contribution in [0.4, 0.5) is 20.3 Å². The van der Waals surface area contributed by atoms with Crippen molar-refractivity contribution in [3.63, 3.8) is 0 Å². The molecule has 7 nitrogen and oxygen atoms in total. The number of carbonyl (C=O) groups excluding carboxylic acids is 1. The lowest BCUT2D eigenvalue weighted by Crippen LogP contribution is -2.15. The lowest BCUT2D eigenvalue weighted by Gasteiger charge is -2.12. The van der Waals surface area contributed by atoms with Crippen molar-refractivity contribution in [2.45, 2.75) is 12.6 Å². The predicted molar refractivity (Wildman–Crippen MR) is 106 cm³/mol. The summed E-state index contributed by atoms with van der Waals surface area (Å²) in [6, 6.07) is 5.19. The van der Waals surface area contributed by atoms with Gasteiger partial charge in [-0.05, 0) is 24.1 Å². The Bertz CT molecular complexity index is 1280. The van der Waals surface area contributed by atoms with Gasteiger partial charge in [-0.2, -0.15) is 10.2 Å². The van der Waals surface area contributed by atoms with Crippen molar-refractivity contribution in [3.8, 4) is 11.1 Å². The average Bonchev–Trinajstić information content (AvgIpc) is 3.08. The number of aromatic nitrogens is 4. The molecule has 0 aliphatic heterocycles. The Morgan fingerprint density at radius 2 is 2.21 bits per heavy atom. The second kappa shape index (κ2) is 6.41. The lowest BCUT2D eigenvalue weighted by molar-refractivity contribution is -0.117. The number of hydrogen-bond acceptors (Lipinski definition) is 4. The number of alkyl halides is 1. The molecule has 3 heterocycles. The van der Waals surface area contributed by atoms with Gasteiger partial charge in [0.15, 0.2) is 11.6 Å². The van der Waals surface area contributed by atoms with E-state index >= 15 is 0 Å². The Hall–Kier alpha value is -3.20. The molecular formula is C19H15ClF2N6O. The van der Waals surface area contributed by atoms with Crippen LogP contribution in [0.3, 0.4) is 0 Å². The first-order chi connectivity index (χ1) is 14.0. The minimum absolute atomic E-state index is 0.0247. The van der Waals surface area contributed by atoms with E-state index in [0.717, 1.165) is 0 Å². The molecule has 0 spiro atoms. The molecule has 29 heavy (non-hydrogen) atoms. The molecule has 1 aromatic carbocycles. The quantitative estimate of drug-likeness (QED) is 0.469. The van der Waals surface area contributed by atoms with Gasteiger partial charge in [0, 0.05) is 30.3 Å². The molecule has 0 radical (unpaired) electrons. The van der Waals surface area contributed by atoms with Crippen LogP contribution in [0, 0.1) is 11.7 Å². The summed E-state index contributed by atoms with van der Waals surface area (Å²) in [7, 11) is 1.61. The highest BCUT2D eigenvalue weighted by Crippen LogP contribution is 2.41. The molecular weight excluding hydrogens is 402 g/mol. The van der Waals surface area contributed by atoms with Crippen LogP contribution in [0.2, 0.25) is 5.02 Å². The molecule has 1 fully saturated rings. The van der Waals surface area contributed by atoms with Crippen molar-refractivity contribution in [2.24, 2.45) is 5.92 Å². The summed E-state index contributed by atoms with van der Waals surface area (Å²) >= 11 is 6.36. The lowest BCUT2D eigenvalue weighted by atomic mass is 10.0. The first kappa shape index (κ1) is 17.9. The Labute approximate surface area is 168 Å². The molecule has 2 atom stereocenters. The van der Waals surface area contributed by atoms with E-state index < -0.39 is 17.9 Å². The van der Waals surface area contributed by atoms with Crippen LogP contribution in [0.1, 0.15) is 6.42 Å². The molecule has 0 bridgehead atoms. The van der Waals surface area contributed by atoms with Gasteiger partial charge < -0.3 is 10.6 Å². The van der Waals surface area contributed by atoms with Crippen molar-refractivity contribution in [1.82, 2.24) is 19.8 Å². The van der Waals surface area contributed by atoms with Crippen LogP contribution in [0.5, 0.6) is 0 Å². The highest BCUT2D eigenvalue weighted by molar-refractivity contribution is 6.36. The summed E-state index contributed by atoms with van der Waals surface area (Å²) in [5, 5.41) is 17.1. The van der Waals surface area contributed by atoms with Gasteiger partial charge in [-0.3, -0.25) is 9.89 Å². The molecule has 148 valence electrons. The number of carbonyl (C=O) groups is 1. The van der Waals surface area contributed by atoms with E-state index in [2.05, 4.69) is 25.9 Å². The number of nitrogens with one attached hydrogen (secondary N) is 3. The van der Waals surface area contributed by atoms with Gasteiger partial charge in [-0.25, -0.2) is 13.3 Å². The first-order valence-corrected chi connectivity index (χ1v) is 9.32. The van der Waals surface area contributed by atoms with Gasteiger partial charge in [0.2, 0.25) is 5.91 Å². The van der Waals surface area contributed by atoms with Crippen molar-refractivity contribution < 1.29 is 13.6 Å². The number of rotatable bonds is 4. The second-order valence-electron chi connectivity index (χ2n) is 6.95. The number of anilines is 2. The standard InChI is InChI=1S/C19H15ClF2N6O/c1-23-18-16(22)15(20)14(11-7-24-26-17(11)18)8-2-3-28-9(4-8)5-13(27-28)25-19(29)10-6-12(10)21/h2-5,7,10,12,23H,6H2,1H3,(H,24,26)(H,25,27,29). The number of fused-ring (bicyclic) bond motifs is 2. The molecule has 0 saturated heterocycles. The highest BCUT2D eigenvalue weighted by Gasteiger charge is 2.43. The van der Waals surface area contributed by atoms with Crippen LogP contribution in [-0.2, 0) is 4.79 Å². The van der Waals surface area contributed by atoms with Crippen LogP contribution in [0.15, 0.2) is 30.6 Å². The number of aromatic amines is 1. The largest absolute Gasteiger partial charge is 0.384 e. The smallest absolute Gasteiger partial charge is 0.231 e. The highest BCUT2D eigenvalue weighted by atomic mass is 35.5. The maximum absolute atomic E-state index is 14.8. The fourth-order valence-corrected chi connectivity index (χ4v) is 3.80. The summed E-state index contributed by atoms with van der Waals surface area (Å²) in [5.74, 6) is -1.23. The van der Waals surface area contributed by atoms with E-state index in [-0.39, 0.29) is 23.0 Å². The minimum Gasteiger partial charge on any atom is -0.384 e. The molecule has 1 aliphatic rings. The zero-order valence-corrected chi connectivity index (χ0v) is 15.9. The summed E-state index contributed by atoms with van der Waals surface area (Å²) in [5.41, 5.74) is 2.58. The fourth-order valence-electron chi connectivity index (χ4n) is 3.50. The average molecular weight is 417 g/mol. The Kier molecular flexibility index (Phi) is 3.95. The molecule has 4 aromatic rings. The van der Waals surface area contributed by atoms with Crippen LogP contribution in [0.25, 0.3) is 27.5 Å². The molecule has 2 unspecified atom stereocenters. The third-order valence-electron chi connectivity index (χ3n) is 5.09. The maximum Gasteiger partial charge on any atom is 0.231 e. The summed E-state index contributed by atoms with van der Waals surface area (Å²) in [6.07, 6.45) is 2.44. The van der Waals surface area contributed by atoms with E-state index in [1.54, 1.807) is 42.2 Å². The molecule has 1 saturated carbocycles. The SMILES string of the molecule is CNc1c(F)c(Cl)c(-c2ccn3nc(NC(=O)C4CC4F)cc3c2)c2cn[nH]c12. The minimum atomic E-state index is -1.08. The van der Waals surface area contributed by atoms with Crippen molar-refractivity contribution >= 4 is 45.4 Å². The summed E-state index contributed by atoms with van der Waals surface area (Å²) in [4.78, 5) is 11.9.